The van der Waals surface area contributed by atoms with Gasteiger partial charge in [0.2, 0.25) is 0 Å². The number of rotatable bonds is 5. The summed E-state index contributed by atoms with van der Waals surface area (Å²) < 4.78 is 10.8. The molecule has 1 amide bonds. The number of hydrogen-bond acceptors (Lipinski definition) is 6. The Kier molecular flexibility index (Phi) is 5.33. The van der Waals surface area contributed by atoms with E-state index in [1.807, 2.05) is 36.1 Å². The Balaban J connectivity index is 1.51. The molecular formula is C18H22N4O3. The van der Waals surface area contributed by atoms with Gasteiger partial charge < -0.3 is 19.3 Å². The van der Waals surface area contributed by atoms with Crippen LogP contribution in [0.2, 0.25) is 0 Å². The van der Waals surface area contributed by atoms with Crippen molar-refractivity contribution < 1.29 is 14.3 Å². The zero-order valence-electron chi connectivity index (χ0n) is 14.5. The Labute approximate surface area is 147 Å². The van der Waals surface area contributed by atoms with E-state index >= 15 is 0 Å². The van der Waals surface area contributed by atoms with Gasteiger partial charge >= 0.3 is 0 Å². The highest BCUT2D eigenvalue weighted by molar-refractivity contribution is 5.78. The molecule has 1 aromatic heterocycles. The summed E-state index contributed by atoms with van der Waals surface area (Å²) in [6, 6.07) is 9.28. The smallest absolute Gasteiger partial charge is 0.260 e. The fourth-order valence-corrected chi connectivity index (χ4v) is 2.77. The minimum atomic E-state index is -0.0237. The van der Waals surface area contributed by atoms with Gasteiger partial charge in [0.25, 0.3) is 5.91 Å². The number of aryl methyl sites for hydroxylation is 1. The number of hydrogen-bond donors (Lipinski definition) is 0. The molecule has 7 nitrogen and oxygen atoms in total. The molecule has 2 aromatic rings. The first-order valence-electron chi connectivity index (χ1n) is 8.24. The summed E-state index contributed by atoms with van der Waals surface area (Å²) in [6.07, 6.45) is 1.57. The van der Waals surface area contributed by atoms with E-state index in [1.54, 1.807) is 19.5 Å². The number of anilines is 1. The Morgan fingerprint density at radius 2 is 1.84 bits per heavy atom. The monoisotopic (exact) mass is 342 g/mol. The van der Waals surface area contributed by atoms with Gasteiger partial charge in [-0.15, -0.1) is 0 Å². The van der Waals surface area contributed by atoms with Gasteiger partial charge in [-0.3, -0.25) is 4.79 Å². The van der Waals surface area contributed by atoms with Crippen LogP contribution in [0.5, 0.6) is 11.5 Å². The summed E-state index contributed by atoms with van der Waals surface area (Å²) in [4.78, 5) is 24.8. The van der Waals surface area contributed by atoms with Gasteiger partial charge in [0, 0.05) is 37.9 Å². The van der Waals surface area contributed by atoms with Gasteiger partial charge in [-0.1, -0.05) is 12.1 Å². The number of benzene rings is 1. The predicted molar refractivity (Wildman–Crippen MR) is 94.1 cm³/mol. The summed E-state index contributed by atoms with van der Waals surface area (Å²) >= 11 is 0. The molecule has 25 heavy (non-hydrogen) atoms. The van der Waals surface area contributed by atoms with E-state index in [0.29, 0.717) is 24.6 Å². The fraction of sp³-hybridized carbons (Fsp3) is 0.389. The van der Waals surface area contributed by atoms with Crippen LogP contribution in [0.1, 0.15) is 5.69 Å². The number of carbonyl (C=O) groups excluding carboxylic acids is 1. The van der Waals surface area contributed by atoms with Crippen LogP contribution in [-0.2, 0) is 4.79 Å². The van der Waals surface area contributed by atoms with Crippen molar-refractivity contribution in [1.82, 2.24) is 14.9 Å². The molecule has 0 unspecified atom stereocenters. The van der Waals surface area contributed by atoms with Crippen molar-refractivity contribution in [2.24, 2.45) is 0 Å². The zero-order valence-corrected chi connectivity index (χ0v) is 14.5. The summed E-state index contributed by atoms with van der Waals surface area (Å²) in [5.74, 6) is 2.09. The van der Waals surface area contributed by atoms with Crippen LogP contribution in [0.15, 0.2) is 36.7 Å². The minimum Gasteiger partial charge on any atom is -0.493 e. The molecule has 1 fully saturated rings. The first kappa shape index (κ1) is 17.0. The van der Waals surface area contributed by atoms with E-state index in [2.05, 4.69) is 14.9 Å². The number of para-hydroxylation sites is 2. The molecule has 7 heteroatoms. The second-order valence-corrected chi connectivity index (χ2v) is 5.82. The average Bonchev–Trinajstić information content (AvgIpc) is 2.66. The molecule has 0 radical (unpaired) electrons. The molecule has 0 aliphatic carbocycles. The number of nitrogens with zero attached hydrogens (tertiary/aromatic N) is 4. The van der Waals surface area contributed by atoms with Crippen LogP contribution in [0.4, 0.5) is 5.82 Å². The van der Waals surface area contributed by atoms with Gasteiger partial charge in [0.1, 0.15) is 12.1 Å². The van der Waals surface area contributed by atoms with Crippen molar-refractivity contribution in [1.29, 1.82) is 0 Å². The molecule has 132 valence electrons. The summed E-state index contributed by atoms with van der Waals surface area (Å²) in [6.45, 7) is 4.75. The first-order valence-corrected chi connectivity index (χ1v) is 8.24. The van der Waals surface area contributed by atoms with E-state index < -0.39 is 0 Å². The molecule has 0 bridgehead atoms. The topological polar surface area (TPSA) is 67.8 Å². The number of carbonyl (C=O) groups is 1. The highest BCUT2D eigenvalue weighted by Gasteiger charge is 2.22. The normalized spacial score (nSPS) is 14.3. The van der Waals surface area contributed by atoms with Crippen LogP contribution in [0, 0.1) is 6.92 Å². The second-order valence-electron chi connectivity index (χ2n) is 5.82. The second kappa shape index (κ2) is 7.83. The molecule has 0 saturated carbocycles. The van der Waals surface area contributed by atoms with Crippen molar-refractivity contribution in [2.75, 3.05) is 44.8 Å². The number of ether oxygens (including phenoxy) is 2. The van der Waals surface area contributed by atoms with Crippen molar-refractivity contribution in [3.63, 3.8) is 0 Å². The minimum absolute atomic E-state index is 0.00693. The van der Waals surface area contributed by atoms with Gasteiger partial charge in [-0.25, -0.2) is 9.97 Å². The van der Waals surface area contributed by atoms with Crippen LogP contribution in [0.3, 0.4) is 0 Å². The maximum Gasteiger partial charge on any atom is 0.260 e. The summed E-state index contributed by atoms with van der Waals surface area (Å²) in [7, 11) is 1.58. The van der Waals surface area contributed by atoms with E-state index in [9.17, 15) is 4.79 Å². The number of amides is 1. The molecule has 1 aliphatic rings. The highest BCUT2D eigenvalue weighted by Crippen LogP contribution is 2.25. The third-order valence-electron chi connectivity index (χ3n) is 4.17. The maximum atomic E-state index is 12.4. The predicted octanol–water partition coefficient (Wildman–Crippen LogP) is 1.52. The van der Waals surface area contributed by atoms with Crippen molar-refractivity contribution in [2.45, 2.75) is 6.92 Å². The molecule has 1 aromatic carbocycles. The Hall–Kier alpha value is -2.83. The lowest BCUT2D eigenvalue weighted by atomic mass is 10.3. The molecule has 1 saturated heterocycles. The zero-order chi connectivity index (χ0) is 17.6. The third-order valence-corrected chi connectivity index (χ3v) is 4.17. The summed E-state index contributed by atoms with van der Waals surface area (Å²) in [5, 5.41) is 0. The van der Waals surface area contributed by atoms with Gasteiger partial charge in [-0.2, -0.15) is 0 Å². The maximum absolute atomic E-state index is 12.4. The Bertz CT molecular complexity index is 730. The summed E-state index contributed by atoms with van der Waals surface area (Å²) in [5.41, 5.74) is 0.939. The van der Waals surface area contributed by atoms with Crippen LogP contribution in [-0.4, -0.2) is 60.7 Å². The lowest BCUT2D eigenvalue weighted by Crippen LogP contribution is -2.50. The van der Waals surface area contributed by atoms with Gasteiger partial charge in [0.15, 0.2) is 18.1 Å². The molecule has 0 atom stereocenters. The van der Waals surface area contributed by atoms with Crippen molar-refractivity contribution in [3.05, 3.63) is 42.4 Å². The number of aromatic nitrogens is 2. The Morgan fingerprint density at radius 3 is 2.52 bits per heavy atom. The van der Waals surface area contributed by atoms with E-state index in [0.717, 1.165) is 24.6 Å². The number of methoxy groups -OCH3 is 1. The van der Waals surface area contributed by atoms with E-state index in [-0.39, 0.29) is 12.5 Å². The Morgan fingerprint density at radius 1 is 1.12 bits per heavy atom. The molecule has 2 heterocycles. The first-order chi connectivity index (χ1) is 12.2. The lowest BCUT2D eigenvalue weighted by molar-refractivity contribution is -0.133. The molecule has 3 rings (SSSR count). The van der Waals surface area contributed by atoms with E-state index in [4.69, 9.17) is 9.47 Å². The standard InChI is InChI=1S/C18H22N4O3/c1-14-11-17(20-13-19-14)21-7-9-22(10-8-21)18(23)12-25-16-6-4-3-5-15(16)24-2/h3-6,11,13H,7-10,12H2,1-2H3. The average molecular weight is 342 g/mol. The van der Waals surface area contributed by atoms with Crippen LogP contribution >= 0.6 is 0 Å². The quantitative estimate of drug-likeness (QED) is 0.821. The van der Waals surface area contributed by atoms with E-state index in [1.165, 1.54) is 0 Å². The van der Waals surface area contributed by atoms with Crippen LogP contribution in [0.25, 0.3) is 0 Å². The largest absolute Gasteiger partial charge is 0.493 e. The fourth-order valence-electron chi connectivity index (χ4n) is 2.77. The SMILES string of the molecule is COc1ccccc1OCC(=O)N1CCN(c2cc(C)ncn2)CC1. The number of piperazine rings is 1. The lowest BCUT2D eigenvalue weighted by Gasteiger charge is -2.35. The highest BCUT2D eigenvalue weighted by atomic mass is 16.5. The van der Waals surface area contributed by atoms with Gasteiger partial charge in [0.05, 0.1) is 7.11 Å². The molecule has 0 spiro atoms. The molecule has 1 aliphatic heterocycles. The third kappa shape index (κ3) is 4.17. The van der Waals surface area contributed by atoms with Crippen molar-refractivity contribution >= 4 is 11.7 Å². The van der Waals surface area contributed by atoms with Crippen molar-refractivity contribution in [3.8, 4) is 11.5 Å². The molecule has 0 N–H and O–H groups in total. The van der Waals surface area contributed by atoms with Gasteiger partial charge in [-0.05, 0) is 19.1 Å². The molecular weight excluding hydrogens is 320 g/mol. The van der Waals surface area contributed by atoms with Crippen LogP contribution < -0.4 is 14.4 Å².